The molecule has 0 radical (unpaired) electrons. The predicted molar refractivity (Wildman–Crippen MR) is 121 cm³/mol. The summed E-state index contributed by atoms with van der Waals surface area (Å²) in [5.41, 5.74) is 2.59. The summed E-state index contributed by atoms with van der Waals surface area (Å²) < 4.78 is 13.3. The van der Waals surface area contributed by atoms with Crippen molar-refractivity contribution >= 4 is 16.9 Å². The molecule has 4 heteroatoms. The first-order valence-corrected chi connectivity index (χ1v) is 16.0. The van der Waals surface area contributed by atoms with Crippen LogP contribution in [0.15, 0.2) is 60.7 Å². The summed E-state index contributed by atoms with van der Waals surface area (Å²) >= 11 is 0. The van der Waals surface area contributed by atoms with E-state index in [1.807, 2.05) is 0 Å². The maximum Gasteiger partial charge on any atom is 0.321 e. The van der Waals surface area contributed by atoms with Gasteiger partial charge in [0.15, 0.2) is 8.32 Å². The molecule has 0 spiro atoms. The van der Waals surface area contributed by atoms with Gasteiger partial charge in [0.2, 0.25) is 0 Å². The third-order valence-electron chi connectivity index (χ3n) is 4.76. The average molecular weight is 401 g/mol. The Labute approximate surface area is 168 Å². The van der Waals surface area contributed by atoms with E-state index in [-0.39, 0.29) is 5.60 Å². The number of hydrogen-bond acceptors (Lipinski definition) is 2. The lowest BCUT2D eigenvalue weighted by Gasteiger charge is -2.39. The first-order chi connectivity index (χ1) is 12.6. The zero-order valence-electron chi connectivity index (χ0n) is 17.9. The lowest BCUT2D eigenvalue weighted by Crippen LogP contribution is -2.50. The van der Waals surface area contributed by atoms with E-state index in [9.17, 15) is 0 Å². The van der Waals surface area contributed by atoms with Gasteiger partial charge in [0.25, 0.3) is 0 Å². The van der Waals surface area contributed by atoms with Crippen LogP contribution < -0.4 is 0 Å². The molecule has 0 heterocycles. The number of rotatable bonds is 10. The van der Waals surface area contributed by atoms with Gasteiger partial charge in [0.1, 0.15) is 0 Å². The van der Waals surface area contributed by atoms with Gasteiger partial charge in [-0.25, -0.2) is 0 Å². The van der Waals surface area contributed by atoms with Gasteiger partial charge in [-0.3, -0.25) is 0 Å². The molecule has 0 aliphatic heterocycles. The topological polar surface area (TPSA) is 18.5 Å². The Kier molecular flexibility index (Phi) is 7.63. The summed E-state index contributed by atoms with van der Waals surface area (Å²) in [5, 5.41) is 0. The van der Waals surface area contributed by atoms with Crippen molar-refractivity contribution in [3.63, 3.8) is 0 Å². The molecule has 2 nitrogen and oxygen atoms in total. The fourth-order valence-electron chi connectivity index (χ4n) is 3.63. The molecule has 0 aliphatic rings. The first kappa shape index (κ1) is 22.1. The van der Waals surface area contributed by atoms with Crippen LogP contribution >= 0.6 is 0 Å². The lowest BCUT2D eigenvalue weighted by atomic mass is 9.99. The van der Waals surface area contributed by atoms with E-state index in [1.54, 1.807) is 0 Å². The molecule has 27 heavy (non-hydrogen) atoms. The molecular weight excluding hydrogens is 364 g/mol. The van der Waals surface area contributed by atoms with Crippen molar-refractivity contribution in [2.24, 2.45) is 0 Å². The normalized spacial score (nSPS) is 13.0. The highest BCUT2D eigenvalue weighted by Crippen LogP contribution is 2.28. The summed E-state index contributed by atoms with van der Waals surface area (Å²) in [6.45, 7) is 13.5. The molecule has 0 bridgehead atoms. The largest absolute Gasteiger partial charge is 0.436 e. The van der Waals surface area contributed by atoms with E-state index in [0.29, 0.717) is 0 Å². The second-order valence-corrected chi connectivity index (χ2v) is 16.9. The van der Waals surface area contributed by atoms with Crippen molar-refractivity contribution in [2.45, 2.75) is 70.9 Å². The fourth-order valence-corrected chi connectivity index (χ4v) is 11.9. The molecular formula is C23H36O2Si2. The van der Waals surface area contributed by atoms with E-state index in [1.165, 1.54) is 11.1 Å². The molecule has 0 N–H and O–H groups in total. The van der Waals surface area contributed by atoms with Gasteiger partial charge in [-0.1, -0.05) is 60.7 Å². The quantitative estimate of drug-likeness (QED) is 0.419. The van der Waals surface area contributed by atoms with Crippen molar-refractivity contribution in [2.75, 3.05) is 0 Å². The standard InChI is InChI=1S/C23H36O2Si2/c1-23(2,19-17-21-13-9-7-10-14-21)24-27(5,6)25-26(3,4)20-18-22-15-11-8-12-16-22/h7-16H,17-20H2,1-6H3. The van der Waals surface area contributed by atoms with E-state index in [2.05, 4.69) is 101 Å². The summed E-state index contributed by atoms with van der Waals surface area (Å²) in [7, 11) is -3.96. The van der Waals surface area contributed by atoms with Crippen molar-refractivity contribution in [3.05, 3.63) is 71.8 Å². The summed E-state index contributed by atoms with van der Waals surface area (Å²) in [6.07, 6.45) is 3.12. The Bertz CT molecular complexity index is 623. The fraction of sp³-hybridized carbons (Fsp3) is 0.478. The van der Waals surface area contributed by atoms with Gasteiger partial charge in [-0.05, 0) is 76.5 Å². The maximum absolute atomic E-state index is 6.69. The number of benzene rings is 2. The van der Waals surface area contributed by atoms with Crippen LogP contribution in [0, 0.1) is 0 Å². The van der Waals surface area contributed by atoms with Crippen LogP contribution in [0.2, 0.25) is 32.2 Å². The zero-order chi connectivity index (χ0) is 20.0. The average Bonchev–Trinajstić information content (AvgIpc) is 2.58. The van der Waals surface area contributed by atoms with E-state index in [4.69, 9.17) is 8.54 Å². The molecule has 0 aliphatic carbocycles. The number of hydrogen-bond donors (Lipinski definition) is 0. The zero-order valence-corrected chi connectivity index (χ0v) is 19.9. The van der Waals surface area contributed by atoms with Crippen LogP contribution in [0.25, 0.3) is 0 Å². The Morgan fingerprint density at radius 3 is 1.74 bits per heavy atom. The molecule has 2 rings (SSSR count). The summed E-state index contributed by atoms with van der Waals surface area (Å²) in [6, 6.07) is 22.5. The first-order valence-electron chi connectivity index (χ1n) is 10.1. The van der Waals surface area contributed by atoms with Gasteiger partial charge in [-0.2, -0.15) is 0 Å². The summed E-state index contributed by atoms with van der Waals surface area (Å²) in [5.74, 6) is 0. The summed E-state index contributed by atoms with van der Waals surface area (Å²) in [4.78, 5) is 0. The number of aryl methyl sites for hydroxylation is 2. The molecule has 0 saturated carbocycles. The molecule has 148 valence electrons. The molecule has 2 aromatic carbocycles. The van der Waals surface area contributed by atoms with Crippen LogP contribution in [-0.2, 0) is 21.4 Å². The molecule has 0 atom stereocenters. The highest BCUT2D eigenvalue weighted by molar-refractivity contribution is 6.82. The Morgan fingerprint density at radius 1 is 0.741 bits per heavy atom. The second kappa shape index (κ2) is 9.33. The van der Waals surface area contributed by atoms with Crippen LogP contribution in [-0.4, -0.2) is 22.5 Å². The highest BCUT2D eigenvalue weighted by Gasteiger charge is 2.38. The van der Waals surface area contributed by atoms with Crippen LogP contribution in [0.3, 0.4) is 0 Å². The van der Waals surface area contributed by atoms with Crippen LogP contribution in [0.1, 0.15) is 31.4 Å². The van der Waals surface area contributed by atoms with Gasteiger partial charge < -0.3 is 8.54 Å². The van der Waals surface area contributed by atoms with E-state index in [0.717, 1.165) is 25.3 Å². The smallest absolute Gasteiger partial charge is 0.321 e. The molecule has 0 amide bonds. The van der Waals surface area contributed by atoms with Crippen molar-refractivity contribution in [1.82, 2.24) is 0 Å². The molecule has 0 unspecified atom stereocenters. The molecule has 0 aromatic heterocycles. The van der Waals surface area contributed by atoms with Crippen LogP contribution in [0.5, 0.6) is 0 Å². The van der Waals surface area contributed by atoms with Crippen molar-refractivity contribution < 1.29 is 8.54 Å². The van der Waals surface area contributed by atoms with Gasteiger partial charge in [0.05, 0.1) is 5.60 Å². The highest BCUT2D eigenvalue weighted by atomic mass is 28.4. The van der Waals surface area contributed by atoms with Crippen molar-refractivity contribution in [3.8, 4) is 0 Å². The minimum Gasteiger partial charge on any atom is -0.436 e. The SMILES string of the molecule is CC(C)(CCc1ccccc1)O[Si](C)(C)O[Si](C)(C)CCc1ccccc1. The maximum atomic E-state index is 6.69. The Hall–Kier alpha value is -1.21. The lowest BCUT2D eigenvalue weighted by molar-refractivity contribution is 0.0662. The third-order valence-corrected chi connectivity index (χ3v) is 11.4. The van der Waals surface area contributed by atoms with Gasteiger partial charge in [-0.15, -0.1) is 0 Å². The second-order valence-electron chi connectivity index (χ2n) is 9.09. The molecule has 0 fully saturated rings. The van der Waals surface area contributed by atoms with Gasteiger partial charge in [0, 0.05) is 0 Å². The molecule has 2 aromatic rings. The Balaban J connectivity index is 1.87. The monoisotopic (exact) mass is 400 g/mol. The van der Waals surface area contributed by atoms with Crippen LogP contribution in [0.4, 0.5) is 0 Å². The third kappa shape index (κ3) is 8.56. The van der Waals surface area contributed by atoms with Gasteiger partial charge >= 0.3 is 8.56 Å². The Morgan fingerprint density at radius 2 is 1.22 bits per heavy atom. The minimum atomic E-state index is -2.19. The predicted octanol–water partition coefficient (Wildman–Crippen LogP) is 6.58. The van der Waals surface area contributed by atoms with E-state index < -0.39 is 16.9 Å². The minimum absolute atomic E-state index is 0.171. The van der Waals surface area contributed by atoms with Crippen molar-refractivity contribution in [1.29, 1.82) is 0 Å². The molecule has 0 saturated heterocycles. The van der Waals surface area contributed by atoms with E-state index >= 15 is 0 Å².